The molecule has 0 bridgehead atoms. The van der Waals surface area contributed by atoms with Gasteiger partial charge in [-0.1, -0.05) is 0 Å². The van der Waals surface area contributed by atoms with E-state index in [4.69, 9.17) is 5.11 Å². The van der Waals surface area contributed by atoms with E-state index in [2.05, 4.69) is 5.32 Å². The number of sulfonamides is 1. The van der Waals surface area contributed by atoms with Gasteiger partial charge < -0.3 is 15.5 Å². The Morgan fingerprint density at radius 2 is 1.95 bits per heavy atom. The SMILES string of the molecule is CC(O)(CO)CNC(=O)C1CCN(S(C)(=O)=O)CC1. The standard InChI is InChI=1S/C11H22N2O5S/c1-11(16,8-14)7-12-10(15)9-3-5-13(6-4-9)19(2,17)18/h9,14,16H,3-8H2,1-2H3,(H,12,15). The maximum atomic E-state index is 11.8. The van der Waals surface area contributed by atoms with E-state index < -0.39 is 22.2 Å². The molecule has 0 aromatic heterocycles. The lowest BCUT2D eigenvalue weighted by molar-refractivity contribution is -0.127. The molecule has 1 aliphatic rings. The Hall–Kier alpha value is -0.700. The van der Waals surface area contributed by atoms with E-state index in [9.17, 15) is 18.3 Å². The van der Waals surface area contributed by atoms with Crippen LogP contribution in [0.1, 0.15) is 19.8 Å². The second-order valence-corrected chi connectivity index (χ2v) is 7.29. The van der Waals surface area contributed by atoms with Gasteiger partial charge in [0.15, 0.2) is 0 Å². The molecule has 1 aliphatic heterocycles. The fourth-order valence-corrected chi connectivity index (χ4v) is 2.80. The minimum atomic E-state index is -3.19. The smallest absolute Gasteiger partial charge is 0.223 e. The van der Waals surface area contributed by atoms with Crippen molar-refractivity contribution in [1.29, 1.82) is 0 Å². The van der Waals surface area contributed by atoms with E-state index in [-0.39, 0.29) is 18.4 Å². The summed E-state index contributed by atoms with van der Waals surface area (Å²) < 4.78 is 24.0. The van der Waals surface area contributed by atoms with Gasteiger partial charge in [-0.2, -0.15) is 0 Å². The van der Waals surface area contributed by atoms with Crippen molar-refractivity contribution in [2.24, 2.45) is 5.92 Å². The van der Waals surface area contributed by atoms with Gasteiger partial charge in [-0.15, -0.1) is 0 Å². The summed E-state index contributed by atoms with van der Waals surface area (Å²) in [6, 6.07) is 0. The first-order chi connectivity index (χ1) is 8.65. The van der Waals surface area contributed by atoms with Gasteiger partial charge in [-0.25, -0.2) is 12.7 Å². The van der Waals surface area contributed by atoms with E-state index in [1.807, 2.05) is 0 Å². The summed E-state index contributed by atoms with van der Waals surface area (Å²) in [6.07, 6.45) is 2.10. The Kier molecular flexibility index (Phi) is 5.31. The van der Waals surface area contributed by atoms with Crippen LogP contribution < -0.4 is 5.32 Å². The molecule has 0 aromatic rings. The Morgan fingerprint density at radius 1 is 1.42 bits per heavy atom. The van der Waals surface area contributed by atoms with E-state index in [0.29, 0.717) is 25.9 Å². The van der Waals surface area contributed by atoms with Crippen LogP contribution in [0.4, 0.5) is 0 Å². The van der Waals surface area contributed by atoms with Crippen molar-refractivity contribution >= 4 is 15.9 Å². The molecule has 0 spiro atoms. The second kappa shape index (κ2) is 6.17. The molecule has 1 rings (SSSR count). The van der Waals surface area contributed by atoms with Gasteiger partial charge in [0.05, 0.1) is 12.9 Å². The molecular weight excluding hydrogens is 272 g/mol. The molecule has 3 N–H and O–H groups in total. The van der Waals surface area contributed by atoms with Gasteiger partial charge in [0.1, 0.15) is 5.60 Å². The summed E-state index contributed by atoms with van der Waals surface area (Å²) in [5, 5.41) is 21.0. The molecule has 112 valence electrons. The molecular formula is C11H22N2O5S. The van der Waals surface area contributed by atoms with E-state index in [0.717, 1.165) is 6.26 Å². The number of amides is 1. The Balaban J connectivity index is 2.41. The summed E-state index contributed by atoms with van der Waals surface area (Å²) in [5.41, 5.74) is -1.33. The minimum Gasteiger partial charge on any atom is -0.393 e. The molecule has 0 aliphatic carbocycles. The number of nitrogens with zero attached hydrogens (tertiary/aromatic N) is 1. The number of carbonyl (C=O) groups is 1. The predicted molar refractivity (Wildman–Crippen MR) is 69.9 cm³/mol. The molecule has 0 saturated carbocycles. The van der Waals surface area contributed by atoms with Crippen molar-refractivity contribution in [3.8, 4) is 0 Å². The summed E-state index contributed by atoms with van der Waals surface area (Å²) >= 11 is 0. The summed E-state index contributed by atoms with van der Waals surface area (Å²) in [7, 11) is -3.19. The zero-order valence-electron chi connectivity index (χ0n) is 11.3. The highest BCUT2D eigenvalue weighted by Crippen LogP contribution is 2.19. The first kappa shape index (κ1) is 16.4. The summed E-state index contributed by atoms with van der Waals surface area (Å²) in [6.45, 7) is 1.66. The van der Waals surface area contributed by atoms with Crippen LogP contribution in [0.3, 0.4) is 0 Å². The summed E-state index contributed by atoms with van der Waals surface area (Å²) in [4.78, 5) is 11.8. The number of piperidine rings is 1. The van der Waals surface area contributed by atoms with Gasteiger partial charge in [0.2, 0.25) is 15.9 Å². The Labute approximate surface area is 113 Å². The van der Waals surface area contributed by atoms with Crippen molar-refractivity contribution in [3.05, 3.63) is 0 Å². The number of aliphatic hydroxyl groups excluding tert-OH is 1. The van der Waals surface area contributed by atoms with Gasteiger partial charge in [0.25, 0.3) is 0 Å². The van der Waals surface area contributed by atoms with Crippen molar-refractivity contribution in [2.75, 3.05) is 32.5 Å². The molecule has 0 aromatic carbocycles. The van der Waals surface area contributed by atoms with Gasteiger partial charge in [-0.05, 0) is 19.8 Å². The lowest BCUT2D eigenvalue weighted by atomic mass is 9.97. The van der Waals surface area contributed by atoms with Crippen LogP contribution in [0.15, 0.2) is 0 Å². The average Bonchev–Trinajstić information content (AvgIpc) is 2.35. The fraction of sp³-hybridized carbons (Fsp3) is 0.909. The van der Waals surface area contributed by atoms with E-state index in [1.54, 1.807) is 0 Å². The molecule has 0 radical (unpaired) electrons. The molecule has 1 fully saturated rings. The lowest BCUT2D eigenvalue weighted by Crippen LogP contribution is -2.47. The van der Waals surface area contributed by atoms with E-state index in [1.165, 1.54) is 11.2 Å². The molecule has 1 atom stereocenters. The largest absolute Gasteiger partial charge is 0.393 e. The highest BCUT2D eigenvalue weighted by molar-refractivity contribution is 7.88. The Bertz CT molecular complexity index is 413. The van der Waals surface area contributed by atoms with Gasteiger partial charge >= 0.3 is 0 Å². The van der Waals surface area contributed by atoms with Crippen LogP contribution in [-0.4, -0.2) is 66.9 Å². The zero-order chi connectivity index (χ0) is 14.7. The first-order valence-corrected chi connectivity index (χ1v) is 8.06. The van der Waals surface area contributed by atoms with Crippen LogP contribution in [-0.2, 0) is 14.8 Å². The molecule has 19 heavy (non-hydrogen) atoms. The number of carbonyl (C=O) groups excluding carboxylic acids is 1. The molecule has 1 heterocycles. The van der Waals surface area contributed by atoms with Crippen molar-refractivity contribution in [2.45, 2.75) is 25.4 Å². The third-order valence-electron chi connectivity index (χ3n) is 3.28. The van der Waals surface area contributed by atoms with E-state index >= 15 is 0 Å². The first-order valence-electron chi connectivity index (χ1n) is 6.22. The number of aliphatic hydroxyl groups is 2. The number of nitrogens with one attached hydrogen (secondary N) is 1. The number of hydrogen-bond donors (Lipinski definition) is 3. The predicted octanol–water partition coefficient (Wildman–Crippen LogP) is -1.48. The monoisotopic (exact) mass is 294 g/mol. The maximum absolute atomic E-state index is 11.8. The van der Waals surface area contributed by atoms with Crippen molar-refractivity contribution in [3.63, 3.8) is 0 Å². The van der Waals surface area contributed by atoms with Crippen LogP contribution in [0, 0.1) is 5.92 Å². The highest BCUT2D eigenvalue weighted by atomic mass is 32.2. The zero-order valence-corrected chi connectivity index (χ0v) is 12.1. The van der Waals surface area contributed by atoms with Gasteiger partial charge in [-0.3, -0.25) is 4.79 Å². The number of rotatable bonds is 5. The normalized spacial score (nSPS) is 21.9. The quantitative estimate of drug-likeness (QED) is 0.573. The molecule has 1 amide bonds. The summed E-state index contributed by atoms with van der Waals surface area (Å²) in [5.74, 6) is -0.450. The number of hydrogen-bond acceptors (Lipinski definition) is 5. The lowest BCUT2D eigenvalue weighted by Gasteiger charge is -2.30. The van der Waals surface area contributed by atoms with Crippen molar-refractivity contribution in [1.82, 2.24) is 9.62 Å². The molecule has 7 nitrogen and oxygen atoms in total. The van der Waals surface area contributed by atoms with Crippen LogP contribution >= 0.6 is 0 Å². The second-order valence-electron chi connectivity index (χ2n) is 5.31. The Morgan fingerprint density at radius 3 is 2.37 bits per heavy atom. The van der Waals surface area contributed by atoms with Crippen LogP contribution in [0.5, 0.6) is 0 Å². The molecule has 1 unspecified atom stereocenters. The fourth-order valence-electron chi connectivity index (χ4n) is 1.93. The average molecular weight is 294 g/mol. The van der Waals surface area contributed by atoms with Crippen LogP contribution in [0.2, 0.25) is 0 Å². The highest BCUT2D eigenvalue weighted by Gasteiger charge is 2.30. The third-order valence-corrected chi connectivity index (χ3v) is 4.58. The minimum absolute atomic E-state index is 0.0192. The molecule has 8 heteroatoms. The van der Waals surface area contributed by atoms with Gasteiger partial charge in [0, 0.05) is 25.6 Å². The molecule has 1 saturated heterocycles. The maximum Gasteiger partial charge on any atom is 0.223 e. The third kappa shape index (κ3) is 5.06. The topological polar surface area (TPSA) is 107 Å². The van der Waals surface area contributed by atoms with Crippen molar-refractivity contribution < 1.29 is 23.4 Å². The van der Waals surface area contributed by atoms with Crippen LogP contribution in [0.25, 0.3) is 0 Å².